The highest BCUT2D eigenvalue weighted by Gasteiger charge is 2.20. The second-order valence-electron chi connectivity index (χ2n) is 6.16. The number of hydrogen-bond acceptors (Lipinski definition) is 4. The van der Waals surface area contributed by atoms with Crippen LogP contribution in [0, 0.1) is 0 Å². The minimum Gasteiger partial charge on any atom is -0.544 e. The van der Waals surface area contributed by atoms with Gasteiger partial charge in [0, 0.05) is 7.11 Å². The first-order valence-corrected chi connectivity index (χ1v) is 13.2. The smallest absolute Gasteiger partial charge is 0.268 e. The van der Waals surface area contributed by atoms with Crippen molar-refractivity contribution >= 4 is 16.6 Å². The molecule has 0 radical (unpaired) electrons. The Morgan fingerprint density at radius 2 is 1.42 bits per heavy atom. The fourth-order valence-electron chi connectivity index (χ4n) is 1.20. The molecular formula is C13H28O4Si2. The number of allylic oxidation sites excluding steroid dienone is 1. The van der Waals surface area contributed by atoms with Gasteiger partial charge in [-0.3, -0.25) is 0 Å². The van der Waals surface area contributed by atoms with Gasteiger partial charge in [-0.2, -0.15) is 0 Å². The maximum absolute atomic E-state index is 5.99. The summed E-state index contributed by atoms with van der Waals surface area (Å²) in [4.78, 5) is 0. The van der Waals surface area contributed by atoms with E-state index in [2.05, 4.69) is 39.3 Å². The van der Waals surface area contributed by atoms with Gasteiger partial charge in [-0.25, -0.2) is 0 Å². The maximum Gasteiger partial charge on any atom is 0.268 e. The van der Waals surface area contributed by atoms with E-state index in [1.807, 2.05) is 6.08 Å². The molecule has 0 aliphatic heterocycles. The number of rotatable bonds is 8. The summed E-state index contributed by atoms with van der Waals surface area (Å²) >= 11 is 0. The molecule has 0 saturated heterocycles. The third-order valence-electron chi connectivity index (χ3n) is 1.74. The first-order valence-electron chi connectivity index (χ1n) is 6.40. The van der Waals surface area contributed by atoms with Crippen molar-refractivity contribution in [3.8, 4) is 0 Å². The van der Waals surface area contributed by atoms with Gasteiger partial charge >= 0.3 is 0 Å². The zero-order valence-corrected chi connectivity index (χ0v) is 15.5. The maximum atomic E-state index is 5.99. The van der Waals surface area contributed by atoms with Gasteiger partial charge in [-0.05, 0) is 45.4 Å². The molecule has 0 aromatic heterocycles. The summed E-state index contributed by atoms with van der Waals surface area (Å²) in [5.74, 6) is 1.25. The second kappa shape index (κ2) is 7.76. The summed E-state index contributed by atoms with van der Waals surface area (Å²) in [6.07, 6.45) is 3.69. The van der Waals surface area contributed by atoms with Crippen molar-refractivity contribution in [2.24, 2.45) is 0 Å². The van der Waals surface area contributed by atoms with E-state index in [0.717, 1.165) is 5.76 Å². The zero-order valence-electron chi connectivity index (χ0n) is 13.5. The van der Waals surface area contributed by atoms with Crippen molar-refractivity contribution in [1.82, 2.24) is 0 Å². The average Bonchev–Trinajstić information content (AvgIpc) is 2.20. The summed E-state index contributed by atoms with van der Waals surface area (Å²) in [6.45, 7) is 13.2. The van der Waals surface area contributed by atoms with Crippen molar-refractivity contribution in [3.63, 3.8) is 0 Å². The molecule has 0 aromatic rings. The lowest BCUT2D eigenvalue weighted by Gasteiger charge is -2.23. The fraction of sp³-hybridized carbons (Fsp3) is 0.692. The highest BCUT2D eigenvalue weighted by Crippen LogP contribution is 2.17. The molecule has 0 aromatic carbocycles. The van der Waals surface area contributed by atoms with E-state index in [1.54, 1.807) is 20.3 Å². The van der Waals surface area contributed by atoms with Crippen molar-refractivity contribution in [3.05, 3.63) is 23.9 Å². The van der Waals surface area contributed by atoms with Gasteiger partial charge in [-0.1, -0.05) is 0 Å². The van der Waals surface area contributed by atoms with E-state index in [1.165, 1.54) is 0 Å². The van der Waals surface area contributed by atoms with Gasteiger partial charge in [0.15, 0.2) is 0 Å². The van der Waals surface area contributed by atoms with Gasteiger partial charge in [0.05, 0.1) is 19.8 Å². The predicted octanol–water partition coefficient (Wildman–Crippen LogP) is 3.71. The molecule has 0 spiro atoms. The lowest BCUT2D eigenvalue weighted by atomic mass is 10.4. The molecule has 6 heteroatoms. The van der Waals surface area contributed by atoms with Crippen molar-refractivity contribution in [1.29, 1.82) is 0 Å². The van der Waals surface area contributed by atoms with Crippen LogP contribution in [0.2, 0.25) is 39.3 Å². The first kappa shape index (κ1) is 18.3. The molecule has 0 aliphatic carbocycles. The van der Waals surface area contributed by atoms with Gasteiger partial charge in [0.25, 0.3) is 5.95 Å². The molecule has 0 aliphatic rings. The van der Waals surface area contributed by atoms with E-state index >= 15 is 0 Å². The number of hydrogen-bond donors (Lipinski definition) is 0. The highest BCUT2D eigenvalue weighted by molar-refractivity contribution is 6.70. The SMILES string of the molecule is COCC=C(C=C(OC)O[Si](C)(C)C)O[Si](C)(C)C. The Balaban J connectivity index is 5.03. The Morgan fingerprint density at radius 1 is 0.895 bits per heavy atom. The van der Waals surface area contributed by atoms with Gasteiger partial charge in [-0.15, -0.1) is 0 Å². The predicted molar refractivity (Wildman–Crippen MR) is 83.9 cm³/mol. The fourth-order valence-corrected chi connectivity index (χ4v) is 2.79. The molecule has 0 amide bonds. The number of methoxy groups -OCH3 is 2. The topological polar surface area (TPSA) is 36.9 Å². The Morgan fingerprint density at radius 3 is 1.79 bits per heavy atom. The minimum absolute atomic E-state index is 0.500. The first-order chi connectivity index (χ1) is 8.57. The van der Waals surface area contributed by atoms with Crippen LogP contribution >= 0.6 is 0 Å². The third-order valence-corrected chi connectivity index (χ3v) is 3.40. The monoisotopic (exact) mass is 304 g/mol. The molecule has 0 fully saturated rings. The van der Waals surface area contributed by atoms with E-state index in [0.29, 0.717) is 12.6 Å². The zero-order chi connectivity index (χ0) is 15.1. The Labute approximate surface area is 119 Å². The molecule has 4 nitrogen and oxygen atoms in total. The van der Waals surface area contributed by atoms with Crippen LogP contribution in [-0.4, -0.2) is 37.5 Å². The molecule has 112 valence electrons. The van der Waals surface area contributed by atoms with Gasteiger partial charge < -0.3 is 18.3 Å². The molecule has 0 rings (SSSR count). The Kier molecular flexibility index (Phi) is 7.47. The van der Waals surface area contributed by atoms with E-state index in [9.17, 15) is 0 Å². The van der Waals surface area contributed by atoms with Crippen LogP contribution in [0.4, 0.5) is 0 Å². The van der Waals surface area contributed by atoms with Crippen LogP contribution in [0.3, 0.4) is 0 Å². The normalized spacial score (nSPS) is 14.3. The molecule has 0 unspecified atom stereocenters. The summed E-state index contributed by atoms with van der Waals surface area (Å²) in [6, 6.07) is 0. The van der Waals surface area contributed by atoms with Crippen LogP contribution < -0.4 is 0 Å². The summed E-state index contributed by atoms with van der Waals surface area (Å²) < 4.78 is 22.2. The quantitative estimate of drug-likeness (QED) is 0.389. The van der Waals surface area contributed by atoms with Crippen molar-refractivity contribution < 1.29 is 18.3 Å². The summed E-state index contributed by atoms with van der Waals surface area (Å²) in [5.41, 5.74) is 0. The minimum atomic E-state index is -1.69. The molecule has 0 heterocycles. The molecule has 19 heavy (non-hydrogen) atoms. The lowest BCUT2D eigenvalue weighted by molar-refractivity contribution is 0.145. The third kappa shape index (κ3) is 10.8. The van der Waals surface area contributed by atoms with Crippen LogP contribution in [0.1, 0.15) is 0 Å². The number of ether oxygens (including phenoxy) is 2. The second-order valence-corrected chi connectivity index (χ2v) is 15.0. The Bertz CT molecular complexity index is 325. The highest BCUT2D eigenvalue weighted by atomic mass is 28.4. The van der Waals surface area contributed by atoms with Crippen LogP contribution in [-0.2, 0) is 18.3 Å². The standard InChI is InChI=1S/C13H28O4Si2/c1-14-10-9-12(16-18(3,4)5)11-13(15-2)17-19(6,7)8/h9,11H,10H2,1-8H3. The summed E-state index contributed by atoms with van der Waals surface area (Å²) in [7, 11) is -0.110. The molecule has 0 bridgehead atoms. The molecular weight excluding hydrogens is 276 g/mol. The van der Waals surface area contributed by atoms with Crippen molar-refractivity contribution in [2.45, 2.75) is 39.3 Å². The van der Waals surface area contributed by atoms with Crippen molar-refractivity contribution in [2.75, 3.05) is 20.8 Å². The van der Waals surface area contributed by atoms with Crippen LogP contribution in [0.25, 0.3) is 0 Å². The Hall–Kier alpha value is -0.726. The average molecular weight is 305 g/mol. The van der Waals surface area contributed by atoms with Crippen LogP contribution in [0.5, 0.6) is 0 Å². The van der Waals surface area contributed by atoms with Crippen LogP contribution in [0.15, 0.2) is 23.9 Å². The lowest BCUT2D eigenvalue weighted by Crippen LogP contribution is -2.27. The molecule has 0 atom stereocenters. The molecule has 0 N–H and O–H groups in total. The molecule has 0 saturated carbocycles. The van der Waals surface area contributed by atoms with Gasteiger partial charge in [0.1, 0.15) is 5.76 Å². The van der Waals surface area contributed by atoms with E-state index < -0.39 is 16.6 Å². The largest absolute Gasteiger partial charge is 0.544 e. The van der Waals surface area contributed by atoms with E-state index in [-0.39, 0.29) is 0 Å². The van der Waals surface area contributed by atoms with E-state index in [4.69, 9.17) is 18.3 Å². The van der Waals surface area contributed by atoms with Gasteiger partial charge in [0.2, 0.25) is 16.6 Å². The summed E-state index contributed by atoms with van der Waals surface area (Å²) in [5, 5.41) is 0.